The smallest absolute Gasteiger partial charge is 0.311 e. The summed E-state index contributed by atoms with van der Waals surface area (Å²) in [5, 5.41) is 0. The number of carbonyl (C=O) groups is 2. The number of nitrogens with zero attached hydrogens (tertiary/aromatic N) is 1. The Morgan fingerprint density at radius 3 is 2.74 bits per heavy atom. The zero-order chi connectivity index (χ0) is 13.8. The lowest BCUT2D eigenvalue weighted by Crippen LogP contribution is -2.29. The molecule has 1 aromatic carbocycles. The van der Waals surface area contributed by atoms with E-state index in [1.54, 1.807) is 11.8 Å². The van der Waals surface area contributed by atoms with Gasteiger partial charge in [-0.25, -0.2) is 0 Å². The van der Waals surface area contributed by atoms with Gasteiger partial charge in [0.2, 0.25) is 5.91 Å². The zero-order valence-corrected chi connectivity index (χ0v) is 11.3. The molecule has 4 heteroatoms. The van der Waals surface area contributed by atoms with Crippen LogP contribution in [0.2, 0.25) is 0 Å². The highest BCUT2D eigenvalue weighted by Crippen LogP contribution is 2.28. The maximum absolute atomic E-state index is 12.0. The third-order valence-corrected chi connectivity index (χ3v) is 3.53. The minimum atomic E-state index is -0.321. The number of hydrogen-bond acceptors (Lipinski definition) is 3. The van der Waals surface area contributed by atoms with Crippen molar-refractivity contribution in [3.8, 4) is 0 Å². The SMILES string of the molecule is CCOC(=O)[C@@H]1CC(=O)N([C@@H](C)c2ccccc2)C1. The van der Waals surface area contributed by atoms with Crippen molar-refractivity contribution in [3.05, 3.63) is 35.9 Å². The Morgan fingerprint density at radius 1 is 1.42 bits per heavy atom. The van der Waals surface area contributed by atoms with Crippen molar-refractivity contribution < 1.29 is 14.3 Å². The number of hydrogen-bond donors (Lipinski definition) is 0. The van der Waals surface area contributed by atoms with Gasteiger partial charge in [-0.3, -0.25) is 9.59 Å². The average molecular weight is 261 g/mol. The monoisotopic (exact) mass is 261 g/mol. The highest BCUT2D eigenvalue weighted by Gasteiger charge is 2.37. The molecule has 0 aliphatic carbocycles. The van der Waals surface area contributed by atoms with Gasteiger partial charge in [0.1, 0.15) is 0 Å². The number of amides is 1. The summed E-state index contributed by atoms with van der Waals surface area (Å²) in [4.78, 5) is 25.5. The summed E-state index contributed by atoms with van der Waals surface area (Å²) in [6, 6.07) is 9.84. The lowest BCUT2D eigenvalue weighted by atomic mass is 10.1. The number of ether oxygens (including phenoxy) is 1. The van der Waals surface area contributed by atoms with Crippen molar-refractivity contribution >= 4 is 11.9 Å². The fourth-order valence-corrected chi connectivity index (χ4v) is 2.44. The second kappa shape index (κ2) is 5.87. The van der Waals surface area contributed by atoms with Crippen molar-refractivity contribution in [1.29, 1.82) is 0 Å². The van der Waals surface area contributed by atoms with E-state index in [2.05, 4.69) is 0 Å². The van der Waals surface area contributed by atoms with Gasteiger partial charge in [-0.2, -0.15) is 0 Å². The third kappa shape index (κ3) is 2.95. The fraction of sp³-hybridized carbons (Fsp3) is 0.467. The van der Waals surface area contributed by atoms with Crippen LogP contribution in [0, 0.1) is 5.92 Å². The van der Waals surface area contributed by atoms with Crippen molar-refractivity contribution in [3.63, 3.8) is 0 Å². The summed E-state index contributed by atoms with van der Waals surface area (Å²) in [5.41, 5.74) is 1.08. The van der Waals surface area contributed by atoms with E-state index in [1.165, 1.54) is 0 Å². The second-order valence-electron chi connectivity index (χ2n) is 4.79. The Bertz CT molecular complexity index is 458. The molecule has 1 saturated heterocycles. The van der Waals surface area contributed by atoms with Crippen molar-refractivity contribution in [2.24, 2.45) is 5.92 Å². The molecular formula is C15H19NO3. The van der Waals surface area contributed by atoms with Gasteiger partial charge in [0.05, 0.1) is 18.6 Å². The molecule has 102 valence electrons. The largest absolute Gasteiger partial charge is 0.466 e. The van der Waals surface area contributed by atoms with Crippen LogP contribution in [-0.4, -0.2) is 29.9 Å². The predicted octanol–water partition coefficient (Wildman–Crippen LogP) is 2.16. The minimum Gasteiger partial charge on any atom is -0.466 e. The molecule has 1 aromatic rings. The van der Waals surface area contributed by atoms with E-state index in [1.807, 2.05) is 37.3 Å². The van der Waals surface area contributed by atoms with Gasteiger partial charge in [0.25, 0.3) is 0 Å². The Hall–Kier alpha value is -1.84. The molecule has 0 N–H and O–H groups in total. The maximum atomic E-state index is 12.0. The number of benzene rings is 1. The topological polar surface area (TPSA) is 46.6 Å². The first kappa shape index (κ1) is 13.6. The molecule has 0 unspecified atom stereocenters. The quantitative estimate of drug-likeness (QED) is 0.780. The number of esters is 1. The third-order valence-electron chi connectivity index (χ3n) is 3.53. The second-order valence-corrected chi connectivity index (χ2v) is 4.79. The lowest BCUT2D eigenvalue weighted by Gasteiger charge is -2.25. The molecule has 1 aliphatic rings. The maximum Gasteiger partial charge on any atom is 0.311 e. The molecule has 1 fully saturated rings. The van der Waals surface area contributed by atoms with Crippen molar-refractivity contribution in [2.45, 2.75) is 26.3 Å². The first-order valence-electron chi connectivity index (χ1n) is 6.64. The molecule has 0 radical (unpaired) electrons. The van der Waals surface area contributed by atoms with Crippen LogP contribution in [0.25, 0.3) is 0 Å². The van der Waals surface area contributed by atoms with Gasteiger partial charge in [0.15, 0.2) is 0 Å². The summed E-state index contributed by atoms with van der Waals surface area (Å²) in [6.07, 6.45) is 0.260. The number of carbonyl (C=O) groups excluding carboxylic acids is 2. The van der Waals surface area contributed by atoms with Gasteiger partial charge in [-0.05, 0) is 19.4 Å². The van der Waals surface area contributed by atoms with E-state index in [4.69, 9.17) is 4.74 Å². The highest BCUT2D eigenvalue weighted by molar-refractivity contribution is 5.87. The van der Waals surface area contributed by atoms with Gasteiger partial charge in [-0.1, -0.05) is 30.3 Å². The van der Waals surface area contributed by atoms with E-state index >= 15 is 0 Å². The molecule has 2 rings (SSSR count). The van der Waals surface area contributed by atoms with Gasteiger partial charge < -0.3 is 9.64 Å². The fourth-order valence-electron chi connectivity index (χ4n) is 2.44. The van der Waals surface area contributed by atoms with E-state index < -0.39 is 0 Å². The first-order valence-corrected chi connectivity index (χ1v) is 6.64. The Morgan fingerprint density at radius 2 is 2.11 bits per heavy atom. The lowest BCUT2D eigenvalue weighted by molar-refractivity contribution is -0.147. The highest BCUT2D eigenvalue weighted by atomic mass is 16.5. The Kier molecular flexibility index (Phi) is 4.20. The van der Waals surface area contributed by atoms with E-state index in [9.17, 15) is 9.59 Å². The van der Waals surface area contributed by atoms with Crippen LogP contribution in [0.15, 0.2) is 30.3 Å². The van der Waals surface area contributed by atoms with Gasteiger partial charge in [-0.15, -0.1) is 0 Å². The molecule has 1 amide bonds. The van der Waals surface area contributed by atoms with Gasteiger partial charge >= 0.3 is 5.97 Å². The molecule has 19 heavy (non-hydrogen) atoms. The molecule has 0 aromatic heterocycles. The van der Waals surface area contributed by atoms with Crippen LogP contribution >= 0.6 is 0 Å². The van der Waals surface area contributed by atoms with Crippen LogP contribution in [-0.2, 0) is 14.3 Å². The molecule has 4 nitrogen and oxygen atoms in total. The summed E-state index contributed by atoms with van der Waals surface area (Å²) in [7, 11) is 0. The zero-order valence-electron chi connectivity index (χ0n) is 11.3. The Labute approximate surface area is 113 Å². The summed E-state index contributed by atoms with van der Waals surface area (Å²) >= 11 is 0. The standard InChI is InChI=1S/C15H19NO3/c1-3-19-15(18)13-9-14(17)16(10-13)11(2)12-7-5-4-6-8-12/h4-8,11,13H,3,9-10H2,1-2H3/t11-,13+/m0/s1. The average Bonchev–Trinajstić information content (AvgIpc) is 2.81. The van der Waals surface area contributed by atoms with Crippen LogP contribution in [0.3, 0.4) is 0 Å². The molecule has 1 aliphatic heterocycles. The van der Waals surface area contributed by atoms with Crippen LogP contribution in [0.1, 0.15) is 31.9 Å². The number of likely N-dealkylation sites (tertiary alicyclic amines) is 1. The Balaban J connectivity index is 2.06. The van der Waals surface area contributed by atoms with E-state index in [0.717, 1.165) is 5.56 Å². The van der Waals surface area contributed by atoms with E-state index in [0.29, 0.717) is 13.2 Å². The normalized spacial score (nSPS) is 20.4. The molecule has 2 atom stereocenters. The summed E-state index contributed by atoms with van der Waals surface area (Å²) < 4.78 is 4.99. The molecular weight excluding hydrogens is 242 g/mol. The van der Waals surface area contributed by atoms with Crippen molar-refractivity contribution in [2.75, 3.05) is 13.2 Å². The predicted molar refractivity (Wildman–Crippen MR) is 71.3 cm³/mol. The van der Waals surface area contributed by atoms with Crippen LogP contribution in [0.4, 0.5) is 0 Å². The van der Waals surface area contributed by atoms with E-state index in [-0.39, 0.29) is 30.3 Å². The van der Waals surface area contributed by atoms with Crippen molar-refractivity contribution in [1.82, 2.24) is 4.90 Å². The minimum absolute atomic E-state index is 0.00636. The molecule has 0 bridgehead atoms. The first-order chi connectivity index (χ1) is 9.13. The summed E-state index contributed by atoms with van der Waals surface area (Å²) in [6.45, 7) is 4.57. The summed E-state index contributed by atoms with van der Waals surface area (Å²) in [5.74, 6) is -0.563. The molecule has 0 spiro atoms. The molecule has 0 saturated carbocycles. The van der Waals surface area contributed by atoms with Gasteiger partial charge in [0, 0.05) is 13.0 Å². The number of rotatable bonds is 4. The van der Waals surface area contributed by atoms with Crippen LogP contribution in [0.5, 0.6) is 0 Å². The van der Waals surface area contributed by atoms with Crippen LogP contribution < -0.4 is 0 Å². The molecule has 1 heterocycles.